The third-order valence-corrected chi connectivity index (χ3v) is 2.89. The number of halogens is 1. The van der Waals surface area contributed by atoms with Gasteiger partial charge in [-0.25, -0.2) is 9.37 Å². The van der Waals surface area contributed by atoms with E-state index in [1.165, 1.54) is 12.3 Å². The van der Waals surface area contributed by atoms with Gasteiger partial charge in [0.25, 0.3) is 0 Å². The van der Waals surface area contributed by atoms with Crippen LogP contribution in [0.3, 0.4) is 0 Å². The van der Waals surface area contributed by atoms with Crippen molar-refractivity contribution in [3.63, 3.8) is 0 Å². The van der Waals surface area contributed by atoms with Gasteiger partial charge in [-0.1, -0.05) is 6.92 Å². The SMILES string of the molecule is CCC(N)Cc1nccn1Cc1cncc(F)c1. The Morgan fingerprint density at radius 1 is 1.44 bits per heavy atom. The van der Waals surface area contributed by atoms with E-state index in [1.807, 2.05) is 10.8 Å². The Bertz CT molecular complexity index is 509. The van der Waals surface area contributed by atoms with Gasteiger partial charge in [-0.2, -0.15) is 0 Å². The van der Waals surface area contributed by atoms with Crippen molar-refractivity contribution in [3.05, 3.63) is 48.1 Å². The normalized spacial score (nSPS) is 12.6. The Kier molecular flexibility index (Phi) is 4.04. The number of imidazole rings is 1. The van der Waals surface area contributed by atoms with Gasteiger partial charge < -0.3 is 10.3 Å². The summed E-state index contributed by atoms with van der Waals surface area (Å²) in [7, 11) is 0. The number of hydrogen-bond donors (Lipinski definition) is 1. The summed E-state index contributed by atoms with van der Waals surface area (Å²) < 4.78 is 15.0. The fourth-order valence-electron chi connectivity index (χ4n) is 1.79. The minimum Gasteiger partial charge on any atom is -0.330 e. The number of pyridine rings is 1. The molecule has 0 saturated carbocycles. The average molecular weight is 248 g/mol. The van der Waals surface area contributed by atoms with Crippen molar-refractivity contribution in [3.8, 4) is 0 Å². The molecule has 4 nitrogen and oxygen atoms in total. The van der Waals surface area contributed by atoms with Crippen molar-refractivity contribution in [2.75, 3.05) is 0 Å². The van der Waals surface area contributed by atoms with Crippen LogP contribution < -0.4 is 5.73 Å². The standard InChI is InChI=1S/C13H17FN4/c1-2-12(15)6-13-17-3-4-18(13)9-10-5-11(14)8-16-7-10/h3-5,7-8,12H,2,6,9,15H2,1H3. The molecule has 0 aliphatic carbocycles. The molecular weight excluding hydrogens is 231 g/mol. The number of nitrogens with two attached hydrogens (primary N) is 1. The first-order valence-corrected chi connectivity index (χ1v) is 6.04. The van der Waals surface area contributed by atoms with E-state index in [-0.39, 0.29) is 11.9 Å². The molecule has 0 bridgehead atoms. The first-order valence-electron chi connectivity index (χ1n) is 6.04. The predicted octanol–water partition coefficient (Wildman–Crippen LogP) is 1.75. The lowest BCUT2D eigenvalue weighted by Gasteiger charge is -2.11. The third kappa shape index (κ3) is 3.13. The summed E-state index contributed by atoms with van der Waals surface area (Å²) in [6.07, 6.45) is 8.12. The highest BCUT2D eigenvalue weighted by Gasteiger charge is 2.08. The van der Waals surface area contributed by atoms with Crippen LogP contribution in [0.4, 0.5) is 4.39 Å². The summed E-state index contributed by atoms with van der Waals surface area (Å²) >= 11 is 0. The number of hydrogen-bond acceptors (Lipinski definition) is 3. The summed E-state index contributed by atoms with van der Waals surface area (Å²) in [5.74, 6) is 0.605. The number of rotatable bonds is 5. The molecule has 2 heterocycles. The maximum atomic E-state index is 13.1. The molecule has 2 N–H and O–H groups in total. The Hall–Kier alpha value is -1.75. The van der Waals surface area contributed by atoms with E-state index in [0.29, 0.717) is 6.54 Å². The van der Waals surface area contributed by atoms with E-state index >= 15 is 0 Å². The minimum absolute atomic E-state index is 0.108. The summed E-state index contributed by atoms with van der Waals surface area (Å²) in [5.41, 5.74) is 6.74. The largest absolute Gasteiger partial charge is 0.330 e. The van der Waals surface area contributed by atoms with Crippen molar-refractivity contribution in [1.82, 2.24) is 14.5 Å². The van der Waals surface area contributed by atoms with Crippen LogP contribution in [0, 0.1) is 5.82 Å². The summed E-state index contributed by atoms with van der Waals surface area (Å²) in [6, 6.07) is 1.59. The van der Waals surface area contributed by atoms with E-state index in [1.54, 1.807) is 12.4 Å². The molecule has 0 saturated heterocycles. The van der Waals surface area contributed by atoms with E-state index in [9.17, 15) is 4.39 Å². The highest BCUT2D eigenvalue weighted by Crippen LogP contribution is 2.08. The zero-order valence-corrected chi connectivity index (χ0v) is 10.4. The molecule has 0 spiro atoms. The fourth-order valence-corrected chi connectivity index (χ4v) is 1.79. The molecule has 18 heavy (non-hydrogen) atoms. The smallest absolute Gasteiger partial charge is 0.141 e. The first-order chi connectivity index (χ1) is 8.69. The van der Waals surface area contributed by atoms with Gasteiger partial charge in [-0.15, -0.1) is 0 Å². The average Bonchev–Trinajstić information content (AvgIpc) is 2.76. The maximum absolute atomic E-state index is 13.1. The van der Waals surface area contributed by atoms with Crippen LogP contribution in [-0.2, 0) is 13.0 Å². The van der Waals surface area contributed by atoms with E-state index in [4.69, 9.17) is 5.73 Å². The van der Waals surface area contributed by atoms with Gasteiger partial charge in [0, 0.05) is 31.1 Å². The molecule has 1 unspecified atom stereocenters. The van der Waals surface area contributed by atoms with Gasteiger partial charge in [0.05, 0.1) is 12.7 Å². The predicted molar refractivity (Wildman–Crippen MR) is 67.5 cm³/mol. The van der Waals surface area contributed by atoms with Crippen LogP contribution in [0.5, 0.6) is 0 Å². The van der Waals surface area contributed by atoms with Crippen LogP contribution in [0.15, 0.2) is 30.9 Å². The van der Waals surface area contributed by atoms with Gasteiger partial charge in [0.15, 0.2) is 0 Å². The van der Waals surface area contributed by atoms with Gasteiger partial charge in [-0.3, -0.25) is 4.98 Å². The van der Waals surface area contributed by atoms with Crippen LogP contribution in [0.25, 0.3) is 0 Å². The molecule has 2 aromatic rings. The van der Waals surface area contributed by atoms with Gasteiger partial charge in [0.2, 0.25) is 0 Å². The Morgan fingerprint density at radius 3 is 3.00 bits per heavy atom. The second-order valence-electron chi connectivity index (χ2n) is 4.36. The Morgan fingerprint density at radius 2 is 2.28 bits per heavy atom. The van der Waals surface area contributed by atoms with Gasteiger partial charge in [0.1, 0.15) is 11.6 Å². The lowest BCUT2D eigenvalue weighted by Crippen LogP contribution is -2.23. The van der Waals surface area contributed by atoms with Crippen molar-refractivity contribution < 1.29 is 4.39 Å². The molecule has 0 aliphatic heterocycles. The minimum atomic E-state index is -0.320. The lowest BCUT2D eigenvalue weighted by molar-refractivity contribution is 0.592. The summed E-state index contributed by atoms with van der Waals surface area (Å²) in [5, 5.41) is 0. The summed E-state index contributed by atoms with van der Waals surface area (Å²) in [6.45, 7) is 2.62. The molecule has 0 radical (unpaired) electrons. The van der Waals surface area contributed by atoms with Crippen LogP contribution in [-0.4, -0.2) is 20.6 Å². The van der Waals surface area contributed by atoms with Crippen LogP contribution >= 0.6 is 0 Å². The molecule has 0 aromatic carbocycles. The quantitative estimate of drug-likeness (QED) is 0.877. The van der Waals surface area contributed by atoms with Gasteiger partial charge >= 0.3 is 0 Å². The molecule has 2 rings (SSSR count). The highest BCUT2D eigenvalue weighted by molar-refractivity contribution is 5.12. The Balaban J connectivity index is 2.12. The highest BCUT2D eigenvalue weighted by atomic mass is 19.1. The topological polar surface area (TPSA) is 56.7 Å². The van der Waals surface area contributed by atoms with E-state index in [2.05, 4.69) is 16.9 Å². The monoisotopic (exact) mass is 248 g/mol. The second-order valence-corrected chi connectivity index (χ2v) is 4.36. The zero-order valence-electron chi connectivity index (χ0n) is 10.4. The number of aromatic nitrogens is 3. The fraction of sp³-hybridized carbons (Fsp3) is 0.385. The van der Waals surface area contributed by atoms with Crippen LogP contribution in [0.1, 0.15) is 24.7 Å². The molecule has 2 aromatic heterocycles. The van der Waals surface area contributed by atoms with E-state index < -0.39 is 0 Å². The van der Waals surface area contributed by atoms with Gasteiger partial charge in [-0.05, 0) is 18.1 Å². The van der Waals surface area contributed by atoms with Crippen molar-refractivity contribution in [2.24, 2.45) is 5.73 Å². The molecule has 1 atom stereocenters. The van der Waals surface area contributed by atoms with E-state index in [0.717, 1.165) is 24.2 Å². The Labute approximate surface area is 106 Å². The maximum Gasteiger partial charge on any atom is 0.141 e. The molecular formula is C13H17FN4. The van der Waals surface area contributed by atoms with Crippen molar-refractivity contribution >= 4 is 0 Å². The summed E-state index contributed by atoms with van der Waals surface area (Å²) in [4.78, 5) is 8.13. The molecule has 0 fully saturated rings. The first kappa shape index (κ1) is 12.7. The molecule has 96 valence electrons. The molecule has 5 heteroatoms. The lowest BCUT2D eigenvalue weighted by atomic mass is 10.1. The van der Waals surface area contributed by atoms with Crippen LogP contribution in [0.2, 0.25) is 0 Å². The third-order valence-electron chi connectivity index (χ3n) is 2.89. The molecule has 0 amide bonds. The zero-order chi connectivity index (χ0) is 13.0. The molecule has 0 aliphatic rings. The van der Waals surface area contributed by atoms with Crippen molar-refractivity contribution in [2.45, 2.75) is 32.4 Å². The number of nitrogens with zero attached hydrogens (tertiary/aromatic N) is 3. The second kappa shape index (κ2) is 5.73. The van der Waals surface area contributed by atoms with Crippen molar-refractivity contribution in [1.29, 1.82) is 0 Å².